The number of fused-ring (bicyclic) bond motifs is 1. The van der Waals surface area contributed by atoms with Crippen molar-refractivity contribution in [1.82, 2.24) is 24.8 Å². The number of carbonyl (C=O) groups is 1. The van der Waals surface area contributed by atoms with E-state index < -0.39 is 17.2 Å². The van der Waals surface area contributed by atoms with Crippen molar-refractivity contribution in [2.75, 3.05) is 19.0 Å². The maximum absolute atomic E-state index is 13.1. The van der Waals surface area contributed by atoms with Crippen molar-refractivity contribution < 1.29 is 4.79 Å². The third-order valence-electron chi connectivity index (χ3n) is 4.84. The van der Waals surface area contributed by atoms with Gasteiger partial charge in [0.15, 0.2) is 5.65 Å². The molecular weight excluding hydrogens is 384 g/mol. The molecule has 0 bridgehead atoms. The number of anilines is 1. The summed E-state index contributed by atoms with van der Waals surface area (Å²) < 4.78 is 1.37. The number of aryl methyl sites for hydroxylation is 1. The Morgan fingerprint density at radius 1 is 1.27 bits per heavy atom. The molecule has 0 radical (unpaired) electrons. The van der Waals surface area contributed by atoms with E-state index in [-0.39, 0.29) is 29.1 Å². The molecule has 9 heteroatoms. The quantitative estimate of drug-likeness (QED) is 0.638. The van der Waals surface area contributed by atoms with Gasteiger partial charge in [0, 0.05) is 39.1 Å². The van der Waals surface area contributed by atoms with Gasteiger partial charge in [0.25, 0.3) is 11.5 Å². The van der Waals surface area contributed by atoms with Gasteiger partial charge < -0.3 is 10.2 Å². The summed E-state index contributed by atoms with van der Waals surface area (Å²) in [6.07, 6.45) is 1.68. The van der Waals surface area contributed by atoms with Crippen LogP contribution < -0.4 is 21.5 Å². The number of amides is 1. The van der Waals surface area contributed by atoms with Crippen LogP contribution >= 0.6 is 0 Å². The highest BCUT2D eigenvalue weighted by molar-refractivity contribution is 6.05. The Kier molecular flexibility index (Phi) is 6.00. The van der Waals surface area contributed by atoms with Crippen LogP contribution in [-0.4, -0.2) is 39.5 Å². The molecule has 1 amide bonds. The van der Waals surface area contributed by atoms with E-state index in [2.05, 4.69) is 20.3 Å². The van der Waals surface area contributed by atoms with E-state index in [1.165, 1.54) is 4.57 Å². The second-order valence-electron chi connectivity index (χ2n) is 7.55. The van der Waals surface area contributed by atoms with Gasteiger partial charge in [-0.3, -0.25) is 19.1 Å². The van der Waals surface area contributed by atoms with Crippen LogP contribution in [0.1, 0.15) is 48.3 Å². The second kappa shape index (κ2) is 8.48. The molecule has 0 unspecified atom stereocenters. The molecule has 3 rings (SSSR count). The van der Waals surface area contributed by atoms with Crippen LogP contribution in [-0.2, 0) is 13.1 Å². The van der Waals surface area contributed by atoms with Gasteiger partial charge in [-0.1, -0.05) is 13.8 Å². The first-order valence-electron chi connectivity index (χ1n) is 9.81. The highest BCUT2D eigenvalue weighted by Crippen LogP contribution is 2.20. The first-order chi connectivity index (χ1) is 14.2. The fourth-order valence-electron chi connectivity index (χ4n) is 3.15. The number of aromatic amines is 1. The molecule has 3 heterocycles. The maximum Gasteiger partial charge on any atom is 0.329 e. The molecule has 0 fully saturated rings. The average molecular weight is 410 g/mol. The number of H-pyrrole nitrogens is 1. The molecule has 0 spiro atoms. The van der Waals surface area contributed by atoms with Crippen LogP contribution in [0.15, 0.2) is 34.0 Å². The Hall–Kier alpha value is -3.49. The summed E-state index contributed by atoms with van der Waals surface area (Å²) in [6, 6.07) is 5.32. The van der Waals surface area contributed by atoms with Crippen molar-refractivity contribution in [3.63, 3.8) is 0 Å². The van der Waals surface area contributed by atoms with Gasteiger partial charge in [-0.25, -0.2) is 14.8 Å². The fraction of sp³-hybridized carbons (Fsp3) is 0.381. The molecule has 0 aromatic carbocycles. The lowest BCUT2D eigenvalue weighted by Gasteiger charge is -2.15. The maximum atomic E-state index is 13.1. The number of pyridine rings is 2. The molecule has 0 aliphatic carbocycles. The molecule has 0 atom stereocenters. The first kappa shape index (κ1) is 21.2. The monoisotopic (exact) mass is 410 g/mol. The summed E-state index contributed by atoms with van der Waals surface area (Å²) >= 11 is 0. The smallest absolute Gasteiger partial charge is 0.329 e. The number of carbonyl (C=O) groups excluding carboxylic acids is 1. The zero-order chi connectivity index (χ0) is 22.0. The zero-order valence-electron chi connectivity index (χ0n) is 17.8. The third kappa shape index (κ3) is 4.10. The highest BCUT2D eigenvalue weighted by atomic mass is 16.2. The molecule has 3 aromatic heterocycles. The van der Waals surface area contributed by atoms with Gasteiger partial charge in [-0.05, 0) is 36.6 Å². The van der Waals surface area contributed by atoms with Crippen molar-refractivity contribution >= 4 is 22.8 Å². The van der Waals surface area contributed by atoms with E-state index in [4.69, 9.17) is 0 Å². The van der Waals surface area contributed by atoms with E-state index in [0.29, 0.717) is 12.2 Å². The number of rotatable bonds is 6. The van der Waals surface area contributed by atoms with Gasteiger partial charge in [0.1, 0.15) is 5.82 Å². The molecule has 2 N–H and O–H groups in total. The second-order valence-corrected chi connectivity index (χ2v) is 7.55. The lowest BCUT2D eigenvalue weighted by atomic mass is 10.0. The standard InChI is InChI=1S/C21H26N6O3/c1-6-27-18-17(20(29)25-21(27)30)14(10-15(24-18)12(2)3)19(28)23-11-13-7-8-22-16(9-13)26(4)5/h7-10,12H,6,11H2,1-5H3,(H,23,28)(H,25,29,30). The van der Waals surface area contributed by atoms with Crippen LogP contribution in [0.4, 0.5) is 5.82 Å². The minimum absolute atomic E-state index is 0.0171. The predicted molar refractivity (Wildman–Crippen MR) is 116 cm³/mol. The summed E-state index contributed by atoms with van der Waals surface area (Å²) in [4.78, 5) is 50.8. The summed E-state index contributed by atoms with van der Waals surface area (Å²) in [5, 5.41) is 2.98. The zero-order valence-corrected chi connectivity index (χ0v) is 17.8. The fourth-order valence-corrected chi connectivity index (χ4v) is 3.15. The number of nitrogens with zero attached hydrogens (tertiary/aromatic N) is 4. The van der Waals surface area contributed by atoms with E-state index in [9.17, 15) is 14.4 Å². The van der Waals surface area contributed by atoms with Gasteiger partial charge in [0.2, 0.25) is 0 Å². The summed E-state index contributed by atoms with van der Waals surface area (Å²) in [5.41, 5.74) is 0.784. The highest BCUT2D eigenvalue weighted by Gasteiger charge is 2.20. The van der Waals surface area contributed by atoms with Crippen LogP contribution in [0.3, 0.4) is 0 Å². The summed E-state index contributed by atoms with van der Waals surface area (Å²) in [7, 11) is 3.78. The SMILES string of the molecule is CCn1c(=O)[nH]c(=O)c2c(C(=O)NCc3ccnc(N(C)C)c3)cc(C(C)C)nc21. The van der Waals surface area contributed by atoms with Gasteiger partial charge in [-0.2, -0.15) is 0 Å². The Labute approximate surface area is 173 Å². The van der Waals surface area contributed by atoms with Gasteiger partial charge in [-0.15, -0.1) is 0 Å². The van der Waals surface area contributed by atoms with E-state index in [1.54, 1.807) is 19.2 Å². The Morgan fingerprint density at radius 3 is 2.63 bits per heavy atom. The summed E-state index contributed by atoms with van der Waals surface area (Å²) in [5.74, 6) is 0.393. The number of nitrogens with one attached hydrogen (secondary N) is 2. The predicted octanol–water partition coefficient (Wildman–Crippen LogP) is 1.62. The normalized spacial score (nSPS) is 11.1. The number of hydrogen-bond acceptors (Lipinski definition) is 6. The minimum Gasteiger partial charge on any atom is -0.363 e. The molecular formula is C21H26N6O3. The van der Waals surface area contributed by atoms with Crippen LogP contribution in [0.2, 0.25) is 0 Å². The van der Waals surface area contributed by atoms with Crippen molar-refractivity contribution in [3.05, 3.63) is 62.1 Å². The van der Waals surface area contributed by atoms with Crippen molar-refractivity contribution in [2.45, 2.75) is 39.8 Å². The van der Waals surface area contributed by atoms with Crippen molar-refractivity contribution in [3.8, 4) is 0 Å². The topological polar surface area (TPSA) is 113 Å². The Balaban J connectivity index is 2.06. The summed E-state index contributed by atoms with van der Waals surface area (Å²) in [6.45, 7) is 6.27. The molecule has 9 nitrogen and oxygen atoms in total. The largest absolute Gasteiger partial charge is 0.363 e. The molecule has 3 aromatic rings. The number of hydrogen-bond donors (Lipinski definition) is 2. The van der Waals surface area contributed by atoms with E-state index in [1.807, 2.05) is 45.0 Å². The third-order valence-corrected chi connectivity index (χ3v) is 4.84. The van der Waals surface area contributed by atoms with E-state index >= 15 is 0 Å². The molecule has 0 saturated heterocycles. The first-order valence-corrected chi connectivity index (χ1v) is 9.81. The van der Waals surface area contributed by atoms with Crippen molar-refractivity contribution in [2.24, 2.45) is 0 Å². The van der Waals surface area contributed by atoms with Crippen LogP contribution in [0.5, 0.6) is 0 Å². The minimum atomic E-state index is -0.619. The van der Waals surface area contributed by atoms with Crippen LogP contribution in [0.25, 0.3) is 11.0 Å². The lowest BCUT2D eigenvalue weighted by molar-refractivity contribution is 0.0952. The lowest BCUT2D eigenvalue weighted by Crippen LogP contribution is -2.33. The molecule has 0 saturated carbocycles. The molecule has 30 heavy (non-hydrogen) atoms. The Bertz CT molecular complexity index is 1210. The van der Waals surface area contributed by atoms with E-state index in [0.717, 1.165) is 11.4 Å². The van der Waals surface area contributed by atoms with Crippen molar-refractivity contribution in [1.29, 1.82) is 0 Å². The number of aromatic nitrogens is 4. The van der Waals surface area contributed by atoms with Gasteiger partial charge >= 0.3 is 5.69 Å². The van der Waals surface area contributed by atoms with Crippen LogP contribution in [0, 0.1) is 0 Å². The molecule has 0 aliphatic heterocycles. The molecule has 0 aliphatic rings. The van der Waals surface area contributed by atoms with Gasteiger partial charge in [0.05, 0.1) is 10.9 Å². The molecule has 158 valence electrons. The average Bonchev–Trinajstić information content (AvgIpc) is 2.71. The Morgan fingerprint density at radius 2 is 2.00 bits per heavy atom.